The molecule has 0 spiro atoms. The van der Waals surface area contributed by atoms with Crippen LogP contribution in [0.3, 0.4) is 0 Å². The summed E-state index contributed by atoms with van der Waals surface area (Å²) in [5.41, 5.74) is 6.83. The van der Waals surface area contributed by atoms with Gasteiger partial charge in [0.1, 0.15) is 6.04 Å². The minimum atomic E-state index is -0.539. The van der Waals surface area contributed by atoms with Crippen molar-refractivity contribution < 1.29 is 4.79 Å². The third-order valence-corrected chi connectivity index (χ3v) is 2.90. The smallest absolute Gasteiger partial charge is 0.243 e. The Bertz CT molecular complexity index is 337. The quantitative estimate of drug-likeness (QED) is 0.768. The highest BCUT2D eigenvalue weighted by Gasteiger charge is 2.18. The van der Waals surface area contributed by atoms with Crippen LogP contribution in [0.2, 0.25) is 0 Å². The molecule has 0 heterocycles. The molecule has 0 aliphatic heterocycles. The molecule has 0 fully saturated rings. The predicted octanol–water partition coefficient (Wildman–Crippen LogP) is 2.33. The van der Waals surface area contributed by atoms with E-state index in [4.69, 9.17) is 5.73 Å². The topological polar surface area (TPSA) is 46.3 Å². The van der Waals surface area contributed by atoms with Gasteiger partial charge < -0.3 is 10.6 Å². The van der Waals surface area contributed by atoms with Crippen molar-refractivity contribution in [3.8, 4) is 0 Å². The molecule has 3 heteroatoms. The van der Waals surface area contributed by atoms with E-state index in [2.05, 4.69) is 6.92 Å². The Morgan fingerprint density at radius 2 is 1.94 bits per heavy atom. The minimum absolute atomic E-state index is 0.00713. The number of carbonyl (C=O) groups excluding carboxylic acids is 1. The van der Waals surface area contributed by atoms with Gasteiger partial charge >= 0.3 is 0 Å². The first kappa shape index (κ1) is 13.7. The number of carbonyl (C=O) groups is 1. The lowest BCUT2D eigenvalue weighted by Crippen LogP contribution is -2.36. The molecule has 0 saturated heterocycles. The molecule has 1 unspecified atom stereocenters. The van der Waals surface area contributed by atoms with E-state index in [0.717, 1.165) is 31.4 Å². The van der Waals surface area contributed by atoms with Crippen LogP contribution in [0.15, 0.2) is 30.3 Å². The second kappa shape index (κ2) is 7.07. The van der Waals surface area contributed by atoms with E-state index in [-0.39, 0.29) is 5.91 Å². The number of hydrogen-bond acceptors (Lipinski definition) is 2. The molecule has 0 bridgehead atoms. The van der Waals surface area contributed by atoms with Gasteiger partial charge in [-0.2, -0.15) is 0 Å². The largest absolute Gasteiger partial charge is 0.344 e. The van der Waals surface area contributed by atoms with Crippen molar-refractivity contribution in [3.63, 3.8) is 0 Å². The maximum Gasteiger partial charge on any atom is 0.243 e. The third kappa shape index (κ3) is 4.19. The summed E-state index contributed by atoms with van der Waals surface area (Å²) in [7, 11) is 1.82. The Morgan fingerprint density at radius 1 is 1.29 bits per heavy atom. The van der Waals surface area contributed by atoms with E-state index in [9.17, 15) is 4.79 Å². The van der Waals surface area contributed by atoms with Crippen LogP contribution in [0.25, 0.3) is 0 Å². The molecule has 0 radical (unpaired) electrons. The van der Waals surface area contributed by atoms with E-state index >= 15 is 0 Å². The van der Waals surface area contributed by atoms with Crippen LogP contribution in [-0.2, 0) is 4.79 Å². The number of likely N-dealkylation sites (N-methyl/N-ethyl adjacent to an activating group) is 1. The predicted molar refractivity (Wildman–Crippen MR) is 70.5 cm³/mol. The van der Waals surface area contributed by atoms with Crippen LogP contribution in [0.4, 0.5) is 0 Å². The molecule has 2 N–H and O–H groups in total. The SMILES string of the molecule is CCCCCN(C)C(=O)C(N)c1ccccc1. The summed E-state index contributed by atoms with van der Waals surface area (Å²) in [5.74, 6) is -0.00713. The molecule has 0 saturated carbocycles. The lowest BCUT2D eigenvalue weighted by atomic mass is 10.1. The molecule has 0 aliphatic rings. The van der Waals surface area contributed by atoms with Gasteiger partial charge in [0.2, 0.25) is 5.91 Å². The number of nitrogens with zero attached hydrogens (tertiary/aromatic N) is 1. The normalized spacial score (nSPS) is 12.2. The molecule has 3 nitrogen and oxygen atoms in total. The van der Waals surface area contributed by atoms with Crippen molar-refractivity contribution in [1.82, 2.24) is 4.90 Å². The molecular formula is C14H22N2O. The fraction of sp³-hybridized carbons (Fsp3) is 0.500. The Hall–Kier alpha value is -1.35. The van der Waals surface area contributed by atoms with Crippen LogP contribution in [-0.4, -0.2) is 24.4 Å². The summed E-state index contributed by atoms with van der Waals surface area (Å²) < 4.78 is 0. The van der Waals surface area contributed by atoms with Gasteiger partial charge in [0.05, 0.1) is 0 Å². The monoisotopic (exact) mass is 234 g/mol. The molecule has 1 amide bonds. The number of nitrogens with two attached hydrogens (primary N) is 1. The van der Waals surface area contributed by atoms with E-state index in [1.165, 1.54) is 0 Å². The van der Waals surface area contributed by atoms with Gasteiger partial charge in [-0.25, -0.2) is 0 Å². The zero-order valence-electron chi connectivity index (χ0n) is 10.7. The van der Waals surface area contributed by atoms with Gasteiger partial charge in [-0.05, 0) is 12.0 Å². The van der Waals surface area contributed by atoms with Gasteiger partial charge in [-0.15, -0.1) is 0 Å². The van der Waals surface area contributed by atoms with Crippen molar-refractivity contribution >= 4 is 5.91 Å². The van der Waals surface area contributed by atoms with Crippen molar-refractivity contribution in [1.29, 1.82) is 0 Å². The molecule has 0 aliphatic carbocycles. The Labute approximate surface area is 104 Å². The van der Waals surface area contributed by atoms with E-state index in [0.29, 0.717) is 0 Å². The second-order valence-corrected chi connectivity index (χ2v) is 4.36. The average Bonchev–Trinajstić information content (AvgIpc) is 2.38. The van der Waals surface area contributed by atoms with Crippen molar-refractivity contribution in [2.75, 3.05) is 13.6 Å². The zero-order valence-corrected chi connectivity index (χ0v) is 10.7. The molecular weight excluding hydrogens is 212 g/mol. The maximum absolute atomic E-state index is 12.0. The van der Waals surface area contributed by atoms with Crippen molar-refractivity contribution in [2.45, 2.75) is 32.2 Å². The summed E-state index contributed by atoms with van der Waals surface area (Å²) in [6, 6.07) is 8.97. The Balaban J connectivity index is 2.51. The third-order valence-electron chi connectivity index (χ3n) is 2.90. The average molecular weight is 234 g/mol. The van der Waals surface area contributed by atoms with Crippen LogP contribution in [0.5, 0.6) is 0 Å². The first-order valence-corrected chi connectivity index (χ1v) is 6.22. The number of rotatable bonds is 6. The van der Waals surface area contributed by atoms with Gasteiger partial charge in [-0.1, -0.05) is 50.1 Å². The van der Waals surface area contributed by atoms with Gasteiger partial charge in [-0.3, -0.25) is 4.79 Å². The highest BCUT2D eigenvalue weighted by atomic mass is 16.2. The van der Waals surface area contributed by atoms with Gasteiger partial charge in [0.25, 0.3) is 0 Å². The molecule has 17 heavy (non-hydrogen) atoms. The Kier molecular flexibility index (Phi) is 5.70. The van der Waals surface area contributed by atoms with E-state index in [1.807, 2.05) is 37.4 Å². The zero-order chi connectivity index (χ0) is 12.7. The molecule has 94 valence electrons. The summed E-state index contributed by atoms with van der Waals surface area (Å²) in [6.07, 6.45) is 3.35. The first-order valence-electron chi connectivity index (χ1n) is 6.22. The molecule has 1 aromatic rings. The number of benzene rings is 1. The lowest BCUT2D eigenvalue weighted by molar-refractivity contribution is -0.131. The molecule has 1 atom stereocenters. The number of amides is 1. The van der Waals surface area contributed by atoms with Gasteiger partial charge in [0, 0.05) is 13.6 Å². The van der Waals surface area contributed by atoms with Crippen molar-refractivity contribution in [2.24, 2.45) is 5.73 Å². The number of unbranched alkanes of at least 4 members (excludes halogenated alkanes) is 2. The van der Waals surface area contributed by atoms with Crippen LogP contribution >= 0.6 is 0 Å². The highest BCUT2D eigenvalue weighted by Crippen LogP contribution is 2.12. The molecule has 1 aromatic carbocycles. The second-order valence-electron chi connectivity index (χ2n) is 4.36. The molecule has 0 aromatic heterocycles. The minimum Gasteiger partial charge on any atom is -0.344 e. The highest BCUT2D eigenvalue weighted by molar-refractivity contribution is 5.82. The summed E-state index contributed by atoms with van der Waals surface area (Å²) in [4.78, 5) is 13.8. The standard InChI is InChI=1S/C14H22N2O/c1-3-4-8-11-16(2)14(17)13(15)12-9-6-5-7-10-12/h5-7,9-10,13H,3-4,8,11,15H2,1-2H3. The Morgan fingerprint density at radius 3 is 2.53 bits per heavy atom. The van der Waals surface area contributed by atoms with Crippen LogP contribution in [0, 0.1) is 0 Å². The van der Waals surface area contributed by atoms with Crippen LogP contribution in [0.1, 0.15) is 37.8 Å². The lowest BCUT2D eigenvalue weighted by Gasteiger charge is -2.21. The van der Waals surface area contributed by atoms with E-state index < -0.39 is 6.04 Å². The van der Waals surface area contributed by atoms with Crippen LogP contribution < -0.4 is 5.73 Å². The van der Waals surface area contributed by atoms with Crippen molar-refractivity contribution in [3.05, 3.63) is 35.9 Å². The van der Waals surface area contributed by atoms with Gasteiger partial charge in [0.15, 0.2) is 0 Å². The fourth-order valence-corrected chi connectivity index (χ4v) is 1.75. The fourth-order valence-electron chi connectivity index (χ4n) is 1.75. The number of hydrogen-bond donors (Lipinski definition) is 1. The summed E-state index contributed by atoms with van der Waals surface area (Å²) in [6.45, 7) is 2.94. The summed E-state index contributed by atoms with van der Waals surface area (Å²) in [5, 5.41) is 0. The summed E-state index contributed by atoms with van der Waals surface area (Å²) >= 11 is 0. The first-order chi connectivity index (χ1) is 8.16. The maximum atomic E-state index is 12.0. The molecule has 1 rings (SSSR count). The van der Waals surface area contributed by atoms with E-state index in [1.54, 1.807) is 4.90 Å².